The van der Waals surface area contributed by atoms with Crippen LogP contribution in [0.2, 0.25) is 0 Å². The van der Waals surface area contributed by atoms with Crippen LogP contribution in [0.25, 0.3) is 0 Å². The van der Waals surface area contributed by atoms with Crippen molar-refractivity contribution in [1.29, 1.82) is 0 Å². The number of hydrogen-bond donors (Lipinski definition) is 1. The lowest BCUT2D eigenvalue weighted by Gasteiger charge is -2.35. The van der Waals surface area contributed by atoms with Gasteiger partial charge in [0.2, 0.25) is 0 Å². The Kier molecular flexibility index (Phi) is 8.07. The third-order valence-electron chi connectivity index (χ3n) is 6.22. The molecule has 0 aromatic heterocycles. The van der Waals surface area contributed by atoms with Crippen LogP contribution in [-0.4, -0.2) is 78.5 Å². The first kappa shape index (κ1) is 26.9. The number of piperidine rings is 1. The Balaban J connectivity index is 1.67. The van der Waals surface area contributed by atoms with Crippen LogP contribution in [0.4, 0.5) is 36.8 Å². The van der Waals surface area contributed by atoms with Crippen molar-refractivity contribution >= 4 is 17.7 Å². The molecule has 2 heterocycles. The molecule has 0 radical (unpaired) electrons. The number of alkyl halides is 6. The van der Waals surface area contributed by atoms with Crippen molar-refractivity contribution in [2.24, 2.45) is 5.92 Å². The van der Waals surface area contributed by atoms with Gasteiger partial charge in [0.15, 0.2) is 6.10 Å². The van der Waals surface area contributed by atoms with Gasteiger partial charge in [-0.25, -0.2) is 4.79 Å². The molecule has 2 saturated heterocycles. The van der Waals surface area contributed by atoms with Crippen LogP contribution >= 0.6 is 0 Å². The minimum atomic E-state index is -4.67. The van der Waals surface area contributed by atoms with Gasteiger partial charge in [-0.1, -0.05) is 0 Å². The highest BCUT2D eigenvalue weighted by Gasteiger charge is 2.40. The van der Waals surface area contributed by atoms with Crippen molar-refractivity contribution in [3.8, 4) is 0 Å². The molecule has 1 N–H and O–H groups in total. The fourth-order valence-corrected chi connectivity index (χ4v) is 4.16. The molecule has 1 aromatic rings. The highest BCUT2D eigenvalue weighted by molar-refractivity contribution is 5.71. The van der Waals surface area contributed by atoms with E-state index < -0.39 is 42.0 Å². The number of anilines is 1. The minimum Gasteiger partial charge on any atom is -0.481 e. The van der Waals surface area contributed by atoms with Gasteiger partial charge in [-0.2, -0.15) is 26.3 Å². The topological polar surface area (TPSA) is 73.3 Å². The zero-order valence-corrected chi connectivity index (χ0v) is 19.0. The Labute approximate surface area is 198 Å². The smallest absolute Gasteiger partial charge is 0.425 e. The second kappa shape index (κ2) is 10.5. The molecule has 2 atom stereocenters. The van der Waals surface area contributed by atoms with E-state index in [0.29, 0.717) is 30.6 Å². The summed E-state index contributed by atoms with van der Waals surface area (Å²) in [7, 11) is 0. The Bertz CT molecular complexity index is 915. The number of piperazine rings is 1. The molecule has 35 heavy (non-hydrogen) atoms. The van der Waals surface area contributed by atoms with Gasteiger partial charge in [0.1, 0.15) is 0 Å². The highest BCUT2D eigenvalue weighted by Crippen LogP contribution is 2.35. The van der Waals surface area contributed by atoms with Gasteiger partial charge in [-0.15, -0.1) is 0 Å². The average Bonchev–Trinajstić information content (AvgIpc) is 2.78. The van der Waals surface area contributed by atoms with E-state index >= 15 is 0 Å². The van der Waals surface area contributed by atoms with Gasteiger partial charge in [0, 0.05) is 51.5 Å². The van der Waals surface area contributed by atoms with E-state index in [1.165, 1.54) is 0 Å². The number of hydrogen-bond acceptors (Lipinski definition) is 5. The lowest BCUT2D eigenvalue weighted by molar-refractivity contribution is -0.200. The number of aliphatic carboxylic acids is 1. The van der Waals surface area contributed by atoms with Crippen molar-refractivity contribution in [2.45, 2.75) is 44.8 Å². The van der Waals surface area contributed by atoms with E-state index in [1.807, 2.05) is 0 Å². The standard InChI is InChI=1S/C22H27F6N3O4/c1-14(21(23,24)25)35-20(34)30-7-5-29(6-8-30)12-15-9-17(22(26,27)28)11-18(10-15)31-4-2-3-16(13-31)19(32)33/h9-11,14,16H,2-8,12-13H2,1H3,(H,32,33)/t14?,16-/m0/s1. The third-order valence-corrected chi connectivity index (χ3v) is 6.22. The quantitative estimate of drug-likeness (QED) is 0.598. The summed E-state index contributed by atoms with van der Waals surface area (Å²) in [5, 5.41) is 9.30. The second-order valence-electron chi connectivity index (χ2n) is 8.84. The molecule has 0 bridgehead atoms. The number of carbonyl (C=O) groups is 2. The fourth-order valence-electron chi connectivity index (χ4n) is 4.16. The maximum atomic E-state index is 13.6. The molecule has 2 aliphatic rings. The largest absolute Gasteiger partial charge is 0.481 e. The summed E-state index contributed by atoms with van der Waals surface area (Å²) in [4.78, 5) is 27.9. The Morgan fingerprint density at radius 3 is 2.29 bits per heavy atom. The molecule has 0 spiro atoms. The highest BCUT2D eigenvalue weighted by atomic mass is 19.4. The van der Waals surface area contributed by atoms with Gasteiger partial charge >= 0.3 is 24.4 Å². The third kappa shape index (κ3) is 7.15. The predicted octanol–water partition coefficient (Wildman–Crippen LogP) is 4.21. The normalized spacial score (nSPS) is 21.1. The maximum absolute atomic E-state index is 13.6. The number of benzene rings is 1. The summed E-state index contributed by atoms with van der Waals surface area (Å²) in [6, 6.07) is 3.66. The number of amides is 1. The number of rotatable bonds is 5. The fraction of sp³-hybridized carbons (Fsp3) is 0.636. The zero-order chi connectivity index (χ0) is 26.0. The molecule has 0 aliphatic carbocycles. The van der Waals surface area contributed by atoms with E-state index in [-0.39, 0.29) is 39.3 Å². The van der Waals surface area contributed by atoms with E-state index in [9.17, 15) is 41.0 Å². The van der Waals surface area contributed by atoms with Crippen LogP contribution in [-0.2, 0) is 22.3 Å². The van der Waals surface area contributed by atoms with E-state index in [1.54, 1.807) is 15.9 Å². The summed E-state index contributed by atoms with van der Waals surface area (Å²) >= 11 is 0. The molecule has 3 rings (SSSR count). The number of halogens is 6. The Hall–Kier alpha value is -2.70. The van der Waals surface area contributed by atoms with Crippen LogP contribution < -0.4 is 4.90 Å². The lowest BCUT2D eigenvalue weighted by atomic mass is 9.97. The van der Waals surface area contributed by atoms with Gasteiger partial charge in [0.25, 0.3) is 0 Å². The SMILES string of the molecule is CC(OC(=O)N1CCN(Cc2cc(N3CCC[C@H](C(=O)O)C3)cc(C(F)(F)F)c2)CC1)C(F)(F)F. The molecule has 13 heteroatoms. The van der Waals surface area contributed by atoms with Crippen LogP contribution in [0.15, 0.2) is 18.2 Å². The molecule has 196 valence electrons. The average molecular weight is 511 g/mol. The minimum absolute atomic E-state index is 0.0711. The summed E-state index contributed by atoms with van der Waals surface area (Å²) in [6.07, 6.45) is -11.6. The van der Waals surface area contributed by atoms with Crippen molar-refractivity contribution in [2.75, 3.05) is 44.2 Å². The van der Waals surface area contributed by atoms with Crippen LogP contribution in [0.3, 0.4) is 0 Å². The van der Waals surface area contributed by atoms with Crippen molar-refractivity contribution in [3.05, 3.63) is 29.3 Å². The Morgan fingerprint density at radius 2 is 1.71 bits per heavy atom. The second-order valence-corrected chi connectivity index (χ2v) is 8.84. The number of carboxylic acids is 1. The molecule has 1 unspecified atom stereocenters. The molecular weight excluding hydrogens is 484 g/mol. The first-order valence-electron chi connectivity index (χ1n) is 11.2. The molecule has 1 amide bonds. The van der Waals surface area contributed by atoms with Gasteiger partial charge < -0.3 is 19.6 Å². The number of carboxylic acid groups (broad SMARTS) is 1. The van der Waals surface area contributed by atoms with Gasteiger partial charge in [0.05, 0.1) is 11.5 Å². The number of nitrogens with zero attached hydrogens (tertiary/aromatic N) is 3. The Morgan fingerprint density at radius 1 is 1.06 bits per heavy atom. The molecule has 7 nitrogen and oxygen atoms in total. The maximum Gasteiger partial charge on any atom is 0.425 e. The molecular formula is C22H27F6N3O4. The van der Waals surface area contributed by atoms with Crippen molar-refractivity contribution in [3.63, 3.8) is 0 Å². The van der Waals surface area contributed by atoms with Crippen LogP contribution in [0.5, 0.6) is 0 Å². The first-order valence-corrected chi connectivity index (χ1v) is 11.2. The van der Waals surface area contributed by atoms with Crippen LogP contribution in [0, 0.1) is 5.92 Å². The van der Waals surface area contributed by atoms with Gasteiger partial charge in [-0.05, 0) is 43.5 Å². The van der Waals surface area contributed by atoms with Gasteiger partial charge in [-0.3, -0.25) is 9.69 Å². The van der Waals surface area contributed by atoms with E-state index in [2.05, 4.69) is 4.74 Å². The first-order chi connectivity index (χ1) is 16.2. The molecule has 2 fully saturated rings. The van der Waals surface area contributed by atoms with Crippen molar-refractivity contribution < 1.29 is 45.8 Å². The van der Waals surface area contributed by atoms with E-state index in [0.717, 1.165) is 24.0 Å². The summed E-state index contributed by atoms with van der Waals surface area (Å²) in [6.45, 7) is 2.06. The van der Waals surface area contributed by atoms with E-state index in [4.69, 9.17) is 0 Å². The summed E-state index contributed by atoms with van der Waals surface area (Å²) < 4.78 is 83.0. The monoisotopic (exact) mass is 511 g/mol. The number of carbonyl (C=O) groups excluding carboxylic acids is 1. The summed E-state index contributed by atoms with van der Waals surface area (Å²) in [5.74, 6) is -1.64. The lowest BCUT2D eigenvalue weighted by Crippen LogP contribution is -2.49. The number of ether oxygens (including phenoxy) is 1. The zero-order valence-electron chi connectivity index (χ0n) is 19.0. The summed E-state index contributed by atoms with van der Waals surface area (Å²) in [5.41, 5.74) is -0.177. The predicted molar refractivity (Wildman–Crippen MR) is 113 cm³/mol. The van der Waals surface area contributed by atoms with Crippen LogP contribution in [0.1, 0.15) is 30.9 Å². The molecule has 0 saturated carbocycles. The van der Waals surface area contributed by atoms with Crippen molar-refractivity contribution in [1.82, 2.24) is 9.80 Å². The molecule has 1 aromatic carbocycles. The molecule has 2 aliphatic heterocycles.